The SMILES string of the molecule is CC(C(=O)O)n1nnnc1CCN(C)C. The van der Waals surface area contributed by atoms with Gasteiger partial charge >= 0.3 is 5.97 Å². The summed E-state index contributed by atoms with van der Waals surface area (Å²) in [6, 6.07) is -0.725. The van der Waals surface area contributed by atoms with Crippen molar-refractivity contribution in [2.75, 3.05) is 20.6 Å². The molecular weight excluding hydrogens is 198 g/mol. The number of rotatable bonds is 5. The van der Waals surface area contributed by atoms with Gasteiger partial charge in [-0.1, -0.05) is 0 Å². The number of carboxylic acids is 1. The first-order chi connectivity index (χ1) is 7.02. The maximum absolute atomic E-state index is 10.8. The van der Waals surface area contributed by atoms with Crippen LogP contribution in [0.3, 0.4) is 0 Å². The highest BCUT2D eigenvalue weighted by molar-refractivity contribution is 5.71. The Labute approximate surface area is 87.7 Å². The van der Waals surface area contributed by atoms with Crippen LogP contribution in [0.2, 0.25) is 0 Å². The minimum absolute atomic E-state index is 0.596. The number of carbonyl (C=O) groups is 1. The molecule has 1 atom stereocenters. The summed E-state index contributed by atoms with van der Waals surface area (Å²) in [6.07, 6.45) is 0.637. The summed E-state index contributed by atoms with van der Waals surface area (Å²) in [5.41, 5.74) is 0. The quantitative estimate of drug-likeness (QED) is 0.704. The number of aliphatic carboxylic acids is 1. The van der Waals surface area contributed by atoms with Crippen molar-refractivity contribution in [3.8, 4) is 0 Å². The van der Waals surface area contributed by atoms with Crippen molar-refractivity contribution in [1.82, 2.24) is 25.1 Å². The number of nitrogens with zero attached hydrogens (tertiary/aromatic N) is 5. The summed E-state index contributed by atoms with van der Waals surface area (Å²) >= 11 is 0. The van der Waals surface area contributed by atoms with E-state index in [4.69, 9.17) is 5.11 Å². The Balaban J connectivity index is 2.73. The summed E-state index contributed by atoms with van der Waals surface area (Å²) in [7, 11) is 3.88. The van der Waals surface area contributed by atoms with Gasteiger partial charge in [-0.25, -0.2) is 9.48 Å². The summed E-state index contributed by atoms with van der Waals surface area (Å²) in [5, 5.41) is 19.8. The van der Waals surface area contributed by atoms with Crippen LogP contribution < -0.4 is 0 Å². The molecule has 0 aliphatic heterocycles. The molecule has 0 amide bonds. The van der Waals surface area contributed by atoms with Crippen molar-refractivity contribution >= 4 is 5.97 Å². The van der Waals surface area contributed by atoms with Crippen LogP contribution in [0.5, 0.6) is 0 Å². The molecule has 0 saturated carbocycles. The molecule has 0 spiro atoms. The summed E-state index contributed by atoms with van der Waals surface area (Å²) in [6.45, 7) is 2.34. The van der Waals surface area contributed by atoms with Crippen LogP contribution in [0.25, 0.3) is 0 Å². The topological polar surface area (TPSA) is 84.1 Å². The van der Waals surface area contributed by atoms with Crippen LogP contribution in [0.15, 0.2) is 0 Å². The molecule has 0 radical (unpaired) electrons. The number of aromatic nitrogens is 4. The van der Waals surface area contributed by atoms with Crippen LogP contribution in [0.1, 0.15) is 18.8 Å². The molecular formula is C8H15N5O2. The van der Waals surface area contributed by atoms with E-state index in [1.807, 2.05) is 19.0 Å². The zero-order valence-electron chi connectivity index (χ0n) is 9.08. The van der Waals surface area contributed by atoms with Crippen molar-refractivity contribution in [2.24, 2.45) is 0 Å². The van der Waals surface area contributed by atoms with Gasteiger partial charge in [0.1, 0.15) is 6.04 Å². The van der Waals surface area contributed by atoms with E-state index in [1.54, 1.807) is 6.92 Å². The van der Waals surface area contributed by atoms with Gasteiger partial charge in [-0.2, -0.15) is 0 Å². The lowest BCUT2D eigenvalue weighted by atomic mass is 10.3. The summed E-state index contributed by atoms with van der Waals surface area (Å²) in [5.74, 6) is -0.341. The molecule has 1 rings (SSSR count). The van der Waals surface area contributed by atoms with Crippen LogP contribution in [0, 0.1) is 0 Å². The van der Waals surface area contributed by atoms with E-state index in [0.29, 0.717) is 12.2 Å². The Bertz CT molecular complexity index is 336. The third kappa shape index (κ3) is 2.98. The predicted molar refractivity (Wildman–Crippen MR) is 52.4 cm³/mol. The molecule has 1 unspecified atom stereocenters. The zero-order chi connectivity index (χ0) is 11.4. The molecule has 0 saturated heterocycles. The third-order valence-electron chi connectivity index (χ3n) is 2.07. The van der Waals surface area contributed by atoms with E-state index in [9.17, 15) is 4.79 Å². The van der Waals surface area contributed by atoms with E-state index < -0.39 is 12.0 Å². The third-order valence-corrected chi connectivity index (χ3v) is 2.07. The van der Waals surface area contributed by atoms with Crippen LogP contribution >= 0.6 is 0 Å². The number of hydrogen-bond donors (Lipinski definition) is 1. The second-order valence-corrected chi connectivity index (χ2v) is 3.61. The molecule has 15 heavy (non-hydrogen) atoms. The van der Waals surface area contributed by atoms with Gasteiger partial charge in [-0.05, 0) is 31.4 Å². The summed E-state index contributed by atoms with van der Waals surface area (Å²) < 4.78 is 1.34. The second-order valence-electron chi connectivity index (χ2n) is 3.61. The Hall–Kier alpha value is -1.50. The van der Waals surface area contributed by atoms with E-state index in [0.717, 1.165) is 6.54 Å². The minimum Gasteiger partial charge on any atom is -0.480 e. The molecule has 0 aliphatic rings. The largest absolute Gasteiger partial charge is 0.480 e. The van der Waals surface area contributed by atoms with Crippen molar-refractivity contribution in [3.63, 3.8) is 0 Å². The standard InChI is InChI=1S/C8H15N5O2/c1-6(8(14)15)13-7(9-10-11-13)4-5-12(2)3/h6H,4-5H2,1-3H3,(H,14,15). The lowest BCUT2D eigenvalue weighted by Crippen LogP contribution is -2.22. The van der Waals surface area contributed by atoms with E-state index in [2.05, 4.69) is 15.5 Å². The second kappa shape index (κ2) is 4.83. The van der Waals surface area contributed by atoms with E-state index in [-0.39, 0.29) is 0 Å². The Morgan fingerprint density at radius 2 is 2.27 bits per heavy atom. The highest BCUT2D eigenvalue weighted by Gasteiger charge is 2.18. The van der Waals surface area contributed by atoms with Gasteiger partial charge in [0.2, 0.25) is 0 Å². The number of carboxylic acid groups (broad SMARTS) is 1. The molecule has 1 heterocycles. The van der Waals surface area contributed by atoms with Gasteiger partial charge in [0.05, 0.1) is 0 Å². The van der Waals surface area contributed by atoms with Gasteiger partial charge in [0.15, 0.2) is 5.82 Å². The van der Waals surface area contributed by atoms with Crippen molar-refractivity contribution in [2.45, 2.75) is 19.4 Å². The molecule has 0 fully saturated rings. The lowest BCUT2D eigenvalue weighted by molar-refractivity contribution is -0.140. The molecule has 0 aromatic carbocycles. The maximum Gasteiger partial charge on any atom is 0.328 e. The fourth-order valence-corrected chi connectivity index (χ4v) is 1.11. The highest BCUT2D eigenvalue weighted by atomic mass is 16.4. The van der Waals surface area contributed by atoms with Gasteiger partial charge in [-0.3, -0.25) is 0 Å². The lowest BCUT2D eigenvalue weighted by Gasteiger charge is -2.11. The highest BCUT2D eigenvalue weighted by Crippen LogP contribution is 2.06. The molecule has 84 valence electrons. The Kier molecular flexibility index (Phi) is 3.73. The molecule has 1 N–H and O–H groups in total. The molecule has 0 aliphatic carbocycles. The molecule has 7 heteroatoms. The number of likely N-dealkylation sites (N-methyl/N-ethyl adjacent to an activating group) is 1. The smallest absolute Gasteiger partial charge is 0.328 e. The van der Waals surface area contributed by atoms with Crippen LogP contribution in [-0.4, -0.2) is 56.8 Å². The predicted octanol–water partition coefficient (Wildman–Crippen LogP) is -0.577. The average Bonchev–Trinajstić information content (AvgIpc) is 2.60. The maximum atomic E-state index is 10.8. The van der Waals surface area contributed by atoms with Gasteiger partial charge < -0.3 is 10.0 Å². The van der Waals surface area contributed by atoms with E-state index >= 15 is 0 Å². The molecule has 1 aromatic rings. The number of tetrazole rings is 1. The van der Waals surface area contributed by atoms with Crippen molar-refractivity contribution in [1.29, 1.82) is 0 Å². The zero-order valence-corrected chi connectivity index (χ0v) is 9.08. The monoisotopic (exact) mass is 213 g/mol. The van der Waals surface area contributed by atoms with Gasteiger partial charge in [0.25, 0.3) is 0 Å². The number of hydrogen-bond acceptors (Lipinski definition) is 5. The first-order valence-corrected chi connectivity index (χ1v) is 4.66. The first kappa shape index (κ1) is 11.6. The molecule has 7 nitrogen and oxygen atoms in total. The summed E-state index contributed by atoms with van der Waals surface area (Å²) in [4.78, 5) is 12.8. The van der Waals surface area contributed by atoms with Gasteiger partial charge in [-0.15, -0.1) is 5.10 Å². The minimum atomic E-state index is -0.937. The fraction of sp³-hybridized carbons (Fsp3) is 0.750. The fourth-order valence-electron chi connectivity index (χ4n) is 1.11. The van der Waals surface area contributed by atoms with Crippen LogP contribution in [-0.2, 0) is 11.2 Å². The van der Waals surface area contributed by atoms with Crippen molar-refractivity contribution < 1.29 is 9.90 Å². The normalized spacial score (nSPS) is 13.1. The Morgan fingerprint density at radius 3 is 2.80 bits per heavy atom. The van der Waals surface area contributed by atoms with E-state index in [1.165, 1.54) is 4.68 Å². The van der Waals surface area contributed by atoms with Gasteiger partial charge in [0, 0.05) is 13.0 Å². The Morgan fingerprint density at radius 1 is 1.60 bits per heavy atom. The van der Waals surface area contributed by atoms with Crippen molar-refractivity contribution in [3.05, 3.63) is 5.82 Å². The van der Waals surface area contributed by atoms with Crippen LogP contribution in [0.4, 0.5) is 0 Å². The molecule has 1 aromatic heterocycles. The average molecular weight is 213 g/mol. The molecule has 0 bridgehead atoms. The first-order valence-electron chi connectivity index (χ1n) is 4.66.